The number of nitrogens with zero attached hydrogens (tertiary/aromatic N) is 1. The first-order chi connectivity index (χ1) is 10.0. The first kappa shape index (κ1) is 14.7. The van der Waals surface area contributed by atoms with Crippen molar-refractivity contribution in [1.82, 2.24) is 5.32 Å². The zero-order valence-corrected chi connectivity index (χ0v) is 12.4. The SMILES string of the molecule is COc1cc(C=C2C(=O)NC(N)=[N+]2C)cc(OC)c1OC. The van der Waals surface area contributed by atoms with Crippen LogP contribution in [0.4, 0.5) is 0 Å². The lowest BCUT2D eigenvalue weighted by molar-refractivity contribution is -0.432. The van der Waals surface area contributed by atoms with Gasteiger partial charge in [0.25, 0.3) is 0 Å². The standard InChI is InChI=1S/C14H17N3O4/c1-17-9(13(18)16-14(17)15)5-8-6-10(19-2)12(21-4)11(7-8)20-3/h5-7H,1-4H3,(H2,15,16,18)/p+1. The third-order valence-electron chi connectivity index (χ3n) is 3.19. The fourth-order valence-corrected chi connectivity index (χ4v) is 2.05. The minimum Gasteiger partial charge on any atom is -0.493 e. The van der Waals surface area contributed by atoms with Gasteiger partial charge in [0, 0.05) is 0 Å². The predicted octanol–water partition coefficient (Wildman–Crippen LogP) is 0.140. The van der Waals surface area contributed by atoms with Gasteiger partial charge in [-0.1, -0.05) is 0 Å². The summed E-state index contributed by atoms with van der Waals surface area (Å²) in [6, 6.07) is 3.51. The monoisotopic (exact) mass is 292 g/mol. The molecule has 0 saturated carbocycles. The zero-order valence-electron chi connectivity index (χ0n) is 12.4. The van der Waals surface area contributed by atoms with Crippen LogP contribution in [0.5, 0.6) is 17.2 Å². The average molecular weight is 292 g/mol. The molecule has 0 atom stereocenters. The van der Waals surface area contributed by atoms with Crippen molar-refractivity contribution in [2.24, 2.45) is 5.73 Å². The first-order valence-electron chi connectivity index (χ1n) is 6.21. The highest BCUT2D eigenvalue weighted by Gasteiger charge is 2.29. The number of carbonyl (C=O) groups is 1. The fraction of sp³-hybridized carbons (Fsp3) is 0.286. The maximum atomic E-state index is 11.8. The third-order valence-corrected chi connectivity index (χ3v) is 3.19. The molecule has 7 nitrogen and oxygen atoms in total. The second-order valence-electron chi connectivity index (χ2n) is 4.39. The van der Waals surface area contributed by atoms with Gasteiger partial charge in [-0.2, -0.15) is 0 Å². The summed E-state index contributed by atoms with van der Waals surface area (Å²) in [5.41, 5.74) is 6.84. The summed E-state index contributed by atoms with van der Waals surface area (Å²) in [4.78, 5) is 11.8. The number of methoxy groups -OCH3 is 3. The van der Waals surface area contributed by atoms with E-state index in [1.54, 1.807) is 29.8 Å². The summed E-state index contributed by atoms with van der Waals surface area (Å²) in [5.74, 6) is 1.56. The van der Waals surface area contributed by atoms with Crippen molar-refractivity contribution in [3.63, 3.8) is 0 Å². The molecule has 0 aliphatic carbocycles. The van der Waals surface area contributed by atoms with E-state index in [9.17, 15) is 4.79 Å². The normalized spacial score (nSPS) is 16.2. The summed E-state index contributed by atoms with van der Waals surface area (Å²) in [7, 11) is 6.31. The highest BCUT2D eigenvalue weighted by Crippen LogP contribution is 2.38. The van der Waals surface area contributed by atoms with Gasteiger partial charge in [-0.25, -0.2) is 14.7 Å². The fourth-order valence-electron chi connectivity index (χ4n) is 2.05. The Labute approximate surface area is 122 Å². The van der Waals surface area contributed by atoms with E-state index < -0.39 is 0 Å². The highest BCUT2D eigenvalue weighted by molar-refractivity contribution is 6.08. The van der Waals surface area contributed by atoms with Gasteiger partial charge in [0.05, 0.1) is 28.4 Å². The van der Waals surface area contributed by atoms with Crippen molar-refractivity contribution in [1.29, 1.82) is 0 Å². The molecule has 1 amide bonds. The van der Waals surface area contributed by atoms with Crippen LogP contribution in [0.15, 0.2) is 17.8 Å². The van der Waals surface area contributed by atoms with Crippen molar-refractivity contribution in [2.45, 2.75) is 0 Å². The number of benzene rings is 1. The number of nitrogens with two attached hydrogens (primary N) is 1. The smallest absolute Gasteiger partial charge is 0.356 e. The number of ether oxygens (including phenoxy) is 3. The van der Waals surface area contributed by atoms with E-state index in [2.05, 4.69) is 5.32 Å². The number of guanidine groups is 1. The molecule has 0 spiro atoms. The van der Waals surface area contributed by atoms with E-state index >= 15 is 0 Å². The molecule has 0 radical (unpaired) electrons. The number of likely N-dealkylation sites (N-methyl/N-ethyl adjacent to an activating group) is 1. The molecule has 0 unspecified atom stereocenters. The molecule has 21 heavy (non-hydrogen) atoms. The average Bonchev–Trinajstić information content (AvgIpc) is 2.72. The largest absolute Gasteiger partial charge is 0.493 e. The Morgan fingerprint density at radius 1 is 1.14 bits per heavy atom. The van der Waals surface area contributed by atoms with Crippen LogP contribution in [0, 0.1) is 0 Å². The summed E-state index contributed by atoms with van der Waals surface area (Å²) in [6.45, 7) is 0. The van der Waals surface area contributed by atoms with Crippen LogP contribution in [0.3, 0.4) is 0 Å². The molecule has 1 aliphatic heterocycles. The summed E-state index contributed by atoms with van der Waals surface area (Å²) < 4.78 is 17.4. The maximum Gasteiger partial charge on any atom is 0.356 e. The first-order valence-corrected chi connectivity index (χ1v) is 6.21. The van der Waals surface area contributed by atoms with E-state index in [4.69, 9.17) is 19.9 Å². The summed E-state index contributed by atoms with van der Waals surface area (Å²) in [5, 5.41) is 2.54. The zero-order chi connectivity index (χ0) is 15.6. The van der Waals surface area contributed by atoms with Crippen LogP contribution in [-0.2, 0) is 4.79 Å². The van der Waals surface area contributed by atoms with Crippen LogP contribution in [0.1, 0.15) is 5.56 Å². The molecule has 0 fully saturated rings. The molecule has 3 N–H and O–H groups in total. The molecular formula is C14H18N3O4+. The Balaban J connectivity index is 2.53. The lowest BCUT2D eigenvalue weighted by atomic mass is 10.1. The van der Waals surface area contributed by atoms with Gasteiger partial charge in [0.1, 0.15) is 0 Å². The minimum absolute atomic E-state index is 0.260. The van der Waals surface area contributed by atoms with Crippen LogP contribution in [0.25, 0.3) is 6.08 Å². The molecule has 1 aliphatic rings. The molecule has 2 rings (SSSR count). The lowest BCUT2D eigenvalue weighted by Crippen LogP contribution is -2.32. The number of hydrogen-bond acceptors (Lipinski definition) is 5. The lowest BCUT2D eigenvalue weighted by Gasteiger charge is -2.12. The van der Waals surface area contributed by atoms with Gasteiger partial charge in [-0.3, -0.25) is 5.73 Å². The Hall–Kier alpha value is -2.70. The van der Waals surface area contributed by atoms with Crippen LogP contribution in [0.2, 0.25) is 0 Å². The molecule has 112 valence electrons. The number of amides is 1. The molecule has 0 saturated heterocycles. The topological polar surface area (TPSA) is 85.8 Å². The number of carbonyl (C=O) groups excluding carboxylic acids is 1. The molecule has 1 heterocycles. The van der Waals surface area contributed by atoms with Crippen molar-refractivity contribution in [3.05, 3.63) is 23.4 Å². The van der Waals surface area contributed by atoms with E-state index in [1.165, 1.54) is 21.3 Å². The Morgan fingerprint density at radius 2 is 1.71 bits per heavy atom. The molecule has 1 aromatic rings. The van der Waals surface area contributed by atoms with Crippen LogP contribution in [-0.4, -0.2) is 44.8 Å². The Bertz CT molecular complexity index is 625. The maximum absolute atomic E-state index is 11.8. The third kappa shape index (κ3) is 2.62. The van der Waals surface area contributed by atoms with Crippen molar-refractivity contribution < 1.29 is 23.6 Å². The highest BCUT2D eigenvalue weighted by atomic mass is 16.5. The molecule has 0 bridgehead atoms. The number of rotatable bonds is 4. The van der Waals surface area contributed by atoms with E-state index in [0.29, 0.717) is 28.9 Å². The predicted molar refractivity (Wildman–Crippen MR) is 77.6 cm³/mol. The second kappa shape index (κ2) is 5.74. The van der Waals surface area contributed by atoms with Gasteiger partial charge in [-0.15, -0.1) is 0 Å². The molecule has 7 heteroatoms. The van der Waals surface area contributed by atoms with Crippen LogP contribution < -0.4 is 25.3 Å². The second-order valence-corrected chi connectivity index (χ2v) is 4.39. The van der Waals surface area contributed by atoms with Crippen molar-refractivity contribution in [2.75, 3.05) is 28.4 Å². The Morgan fingerprint density at radius 3 is 2.10 bits per heavy atom. The van der Waals surface area contributed by atoms with Gasteiger partial charge in [0.2, 0.25) is 5.75 Å². The molecule has 0 aromatic heterocycles. The van der Waals surface area contributed by atoms with Gasteiger partial charge >= 0.3 is 11.9 Å². The van der Waals surface area contributed by atoms with Gasteiger partial charge in [-0.05, 0) is 23.8 Å². The van der Waals surface area contributed by atoms with Gasteiger partial charge in [0.15, 0.2) is 17.2 Å². The van der Waals surface area contributed by atoms with Crippen molar-refractivity contribution >= 4 is 17.9 Å². The van der Waals surface area contributed by atoms with E-state index in [1.807, 2.05) is 0 Å². The van der Waals surface area contributed by atoms with E-state index in [0.717, 1.165) is 5.56 Å². The number of nitrogens with one attached hydrogen (secondary N) is 1. The molecular weight excluding hydrogens is 274 g/mol. The van der Waals surface area contributed by atoms with E-state index in [-0.39, 0.29) is 5.91 Å². The van der Waals surface area contributed by atoms with Crippen LogP contribution >= 0.6 is 0 Å². The quantitative estimate of drug-likeness (QED) is 0.609. The van der Waals surface area contributed by atoms with Gasteiger partial charge < -0.3 is 14.2 Å². The Kier molecular flexibility index (Phi) is 4.02. The summed E-state index contributed by atoms with van der Waals surface area (Å²) in [6.07, 6.45) is 1.69. The minimum atomic E-state index is -0.260. The van der Waals surface area contributed by atoms with Crippen molar-refractivity contribution in [3.8, 4) is 17.2 Å². The summed E-state index contributed by atoms with van der Waals surface area (Å²) >= 11 is 0. The molecule has 1 aromatic carbocycles. The number of hydrogen-bond donors (Lipinski definition) is 2.